The number of ether oxygens (including phenoxy) is 1. The molecule has 1 aliphatic rings. The maximum Gasteiger partial charge on any atom is 0.360 e. The lowest BCUT2D eigenvalue weighted by atomic mass is 9.98. The fourth-order valence-corrected chi connectivity index (χ4v) is 4.79. The molecule has 0 unspecified atom stereocenters. The average molecular weight is 497 g/mol. The number of aromatic nitrogens is 4. The van der Waals surface area contributed by atoms with Gasteiger partial charge in [-0.15, -0.1) is 5.10 Å². The number of likely N-dealkylation sites (tertiary alicyclic amines) is 1. The van der Waals surface area contributed by atoms with Crippen molar-refractivity contribution in [3.8, 4) is 0 Å². The Morgan fingerprint density at radius 1 is 1.03 bits per heavy atom. The van der Waals surface area contributed by atoms with Crippen LogP contribution in [0.25, 0.3) is 0 Å². The summed E-state index contributed by atoms with van der Waals surface area (Å²) in [5.41, 5.74) is 3.17. The van der Waals surface area contributed by atoms with Crippen molar-refractivity contribution >= 4 is 11.9 Å². The summed E-state index contributed by atoms with van der Waals surface area (Å²) in [7, 11) is 1.31. The van der Waals surface area contributed by atoms with Gasteiger partial charge in [-0.2, -0.15) is 0 Å². The third kappa shape index (κ3) is 5.57. The van der Waals surface area contributed by atoms with E-state index in [1.54, 1.807) is 17.1 Å². The molecule has 1 aliphatic heterocycles. The second kappa shape index (κ2) is 11.1. The van der Waals surface area contributed by atoms with Crippen LogP contribution in [0.3, 0.4) is 0 Å². The molecule has 1 N–H and O–H groups in total. The highest BCUT2D eigenvalue weighted by Gasteiger charge is 2.39. The molecule has 0 bridgehead atoms. The van der Waals surface area contributed by atoms with Gasteiger partial charge in [-0.3, -0.25) is 14.7 Å². The van der Waals surface area contributed by atoms with E-state index < -0.39 is 12.0 Å². The average Bonchev–Trinajstić information content (AvgIpc) is 3.61. The molecule has 4 aromatic rings. The van der Waals surface area contributed by atoms with Crippen LogP contribution in [0, 0.1) is 0 Å². The Morgan fingerprint density at radius 2 is 1.73 bits per heavy atom. The molecule has 0 saturated carbocycles. The van der Waals surface area contributed by atoms with Crippen LogP contribution < -0.4 is 5.32 Å². The van der Waals surface area contributed by atoms with Gasteiger partial charge in [0.2, 0.25) is 5.91 Å². The normalized spacial score (nSPS) is 17.6. The summed E-state index contributed by atoms with van der Waals surface area (Å²) in [6, 6.07) is 23.0. The second-order valence-corrected chi connectivity index (χ2v) is 9.03. The van der Waals surface area contributed by atoms with Crippen LogP contribution in [0.1, 0.15) is 45.7 Å². The van der Waals surface area contributed by atoms with Gasteiger partial charge in [0.1, 0.15) is 0 Å². The van der Waals surface area contributed by atoms with Gasteiger partial charge >= 0.3 is 5.97 Å². The van der Waals surface area contributed by atoms with Gasteiger partial charge in [-0.25, -0.2) is 9.48 Å². The Kier molecular flexibility index (Phi) is 7.32. The predicted molar refractivity (Wildman–Crippen MR) is 136 cm³/mol. The Morgan fingerprint density at radius 3 is 2.35 bits per heavy atom. The van der Waals surface area contributed by atoms with Crippen molar-refractivity contribution in [2.24, 2.45) is 0 Å². The molecule has 1 saturated heterocycles. The van der Waals surface area contributed by atoms with Crippen LogP contribution in [0.2, 0.25) is 0 Å². The monoisotopic (exact) mass is 496 g/mol. The summed E-state index contributed by atoms with van der Waals surface area (Å²) in [5.74, 6) is -0.614. The number of methoxy groups -OCH3 is 1. The first-order valence-corrected chi connectivity index (χ1v) is 12.2. The molecule has 2 aromatic heterocycles. The van der Waals surface area contributed by atoms with Crippen LogP contribution in [0.4, 0.5) is 0 Å². The Labute approximate surface area is 215 Å². The number of rotatable bonds is 8. The van der Waals surface area contributed by atoms with E-state index in [9.17, 15) is 9.59 Å². The van der Waals surface area contributed by atoms with E-state index in [1.807, 2.05) is 79.0 Å². The van der Waals surface area contributed by atoms with Crippen molar-refractivity contribution in [1.29, 1.82) is 0 Å². The van der Waals surface area contributed by atoms with E-state index in [1.165, 1.54) is 7.11 Å². The first-order chi connectivity index (χ1) is 18.1. The first-order valence-electron chi connectivity index (χ1n) is 12.2. The lowest BCUT2D eigenvalue weighted by Gasteiger charge is -2.27. The smallest absolute Gasteiger partial charge is 0.360 e. The highest BCUT2D eigenvalue weighted by atomic mass is 16.5. The van der Waals surface area contributed by atoms with Crippen molar-refractivity contribution in [2.45, 2.75) is 31.1 Å². The van der Waals surface area contributed by atoms with E-state index in [2.05, 4.69) is 25.5 Å². The molecule has 2 atom stereocenters. The SMILES string of the molecule is COC(=O)c1cn([C@@H]2C[C@@H](C(=O)NC(c3ccccc3)c3ccccc3)N(Cc3cccnc3)C2)nn1. The number of benzene rings is 2. The van der Waals surface area contributed by atoms with Crippen LogP contribution in [0.5, 0.6) is 0 Å². The molecular formula is C28H28N6O3. The largest absolute Gasteiger partial charge is 0.464 e. The lowest BCUT2D eigenvalue weighted by molar-refractivity contribution is -0.126. The number of carbonyl (C=O) groups excluding carboxylic acids is 2. The van der Waals surface area contributed by atoms with Gasteiger partial charge < -0.3 is 10.1 Å². The second-order valence-electron chi connectivity index (χ2n) is 9.03. The topological polar surface area (TPSA) is 102 Å². The molecule has 1 amide bonds. The molecule has 1 fully saturated rings. The van der Waals surface area contributed by atoms with Crippen molar-refractivity contribution in [3.63, 3.8) is 0 Å². The number of pyridine rings is 1. The third-order valence-corrected chi connectivity index (χ3v) is 6.62. The van der Waals surface area contributed by atoms with Crippen molar-refractivity contribution in [3.05, 3.63) is 114 Å². The summed E-state index contributed by atoms with van der Waals surface area (Å²) >= 11 is 0. The predicted octanol–water partition coefficient (Wildman–Crippen LogP) is 3.18. The maximum absolute atomic E-state index is 13.9. The van der Waals surface area contributed by atoms with E-state index in [-0.39, 0.29) is 23.7 Å². The molecule has 37 heavy (non-hydrogen) atoms. The lowest BCUT2D eigenvalue weighted by Crippen LogP contribution is -2.44. The highest BCUT2D eigenvalue weighted by molar-refractivity contribution is 5.86. The van der Waals surface area contributed by atoms with Gasteiger partial charge in [0.05, 0.1) is 31.4 Å². The number of nitrogens with one attached hydrogen (secondary N) is 1. The van der Waals surface area contributed by atoms with E-state index in [0.29, 0.717) is 19.5 Å². The summed E-state index contributed by atoms with van der Waals surface area (Å²) in [4.78, 5) is 32.1. The molecule has 0 aliphatic carbocycles. The molecule has 9 heteroatoms. The van der Waals surface area contributed by atoms with Crippen LogP contribution in [-0.4, -0.2) is 56.5 Å². The van der Waals surface area contributed by atoms with Crippen molar-refractivity contribution < 1.29 is 14.3 Å². The summed E-state index contributed by atoms with van der Waals surface area (Å²) in [6.45, 7) is 1.13. The number of hydrogen-bond acceptors (Lipinski definition) is 7. The number of esters is 1. The van der Waals surface area contributed by atoms with E-state index in [4.69, 9.17) is 4.74 Å². The quantitative estimate of drug-likeness (QED) is 0.374. The Bertz CT molecular complexity index is 1290. The number of hydrogen-bond donors (Lipinski definition) is 1. The fourth-order valence-electron chi connectivity index (χ4n) is 4.79. The molecule has 2 aromatic carbocycles. The zero-order valence-corrected chi connectivity index (χ0v) is 20.5. The van der Waals surface area contributed by atoms with Gasteiger partial charge in [0.25, 0.3) is 0 Å². The standard InChI is InChI=1S/C28H28N6O3/c1-37-28(36)24-19-34(32-31-24)23-15-25(33(18-23)17-20-9-8-14-29-16-20)27(35)30-26(21-10-4-2-5-11-21)22-12-6-3-7-13-22/h2-14,16,19,23,25-26H,15,17-18H2,1H3,(H,30,35)/t23-,25+/m1/s1. The zero-order valence-electron chi connectivity index (χ0n) is 20.5. The number of nitrogens with zero attached hydrogens (tertiary/aromatic N) is 5. The van der Waals surface area contributed by atoms with Gasteiger partial charge in [0.15, 0.2) is 5.69 Å². The Hall–Kier alpha value is -4.37. The van der Waals surface area contributed by atoms with E-state index >= 15 is 0 Å². The molecule has 3 heterocycles. The van der Waals surface area contributed by atoms with Gasteiger partial charge in [0, 0.05) is 25.5 Å². The number of amides is 1. The highest BCUT2D eigenvalue weighted by Crippen LogP contribution is 2.30. The first kappa shape index (κ1) is 24.3. The van der Waals surface area contributed by atoms with Crippen LogP contribution in [-0.2, 0) is 16.1 Å². The molecule has 5 rings (SSSR count). The number of carbonyl (C=O) groups is 2. The Balaban J connectivity index is 1.41. The zero-order chi connectivity index (χ0) is 25.6. The summed E-state index contributed by atoms with van der Waals surface area (Å²) in [6.07, 6.45) is 5.64. The minimum absolute atomic E-state index is 0.0718. The summed E-state index contributed by atoms with van der Waals surface area (Å²) in [5, 5.41) is 11.4. The maximum atomic E-state index is 13.9. The van der Waals surface area contributed by atoms with Gasteiger partial charge in [-0.05, 0) is 29.2 Å². The van der Waals surface area contributed by atoms with Crippen molar-refractivity contribution in [1.82, 2.24) is 30.2 Å². The molecule has 188 valence electrons. The fraction of sp³-hybridized carbons (Fsp3) is 0.250. The molecular weight excluding hydrogens is 468 g/mol. The van der Waals surface area contributed by atoms with Crippen LogP contribution >= 0.6 is 0 Å². The van der Waals surface area contributed by atoms with Crippen molar-refractivity contribution in [2.75, 3.05) is 13.7 Å². The molecule has 0 radical (unpaired) electrons. The summed E-state index contributed by atoms with van der Waals surface area (Å²) < 4.78 is 6.42. The van der Waals surface area contributed by atoms with Crippen LogP contribution in [0.15, 0.2) is 91.4 Å². The minimum atomic E-state index is -0.542. The molecule has 0 spiro atoms. The minimum Gasteiger partial charge on any atom is -0.464 e. The molecule has 9 nitrogen and oxygen atoms in total. The van der Waals surface area contributed by atoms with Gasteiger partial charge in [-0.1, -0.05) is 71.9 Å². The third-order valence-electron chi connectivity index (χ3n) is 6.62. The van der Waals surface area contributed by atoms with E-state index in [0.717, 1.165) is 16.7 Å².